The van der Waals surface area contributed by atoms with Crippen molar-refractivity contribution in [1.29, 1.82) is 0 Å². The summed E-state index contributed by atoms with van der Waals surface area (Å²) in [6, 6.07) is 19.9. The smallest absolute Gasteiger partial charge is 0.414 e. The molecule has 1 N–H and O–H groups in total. The number of hydrogen-bond donors (Lipinski definition) is 1. The van der Waals surface area contributed by atoms with E-state index in [2.05, 4.69) is 20.4 Å². The summed E-state index contributed by atoms with van der Waals surface area (Å²) < 4.78 is 45.4. The third-order valence-electron chi connectivity index (χ3n) is 7.34. The molecule has 4 aromatic rings. The zero-order valence-corrected chi connectivity index (χ0v) is 25.0. The molecule has 0 bridgehead atoms. The van der Waals surface area contributed by atoms with E-state index in [1.165, 1.54) is 11.0 Å². The minimum atomic E-state index is -1.15. The van der Waals surface area contributed by atoms with Crippen LogP contribution in [0.2, 0.25) is 0 Å². The zero-order valence-electron chi connectivity index (χ0n) is 25.0. The number of nitrogens with one attached hydrogen (secondary N) is 1. The van der Waals surface area contributed by atoms with Crippen molar-refractivity contribution in [2.45, 2.75) is 25.7 Å². The number of nitrogens with zero attached hydrogens (tertiary/aromatic N) is 5. The van der Waals surface area contributed by atoms with Crippen LogP contribution in [0, 0.1) is 5.82 Å². The van der Waals surface area contributed by atoms with Crippen LogP contribution in [-0.4, -0.2) is 79.5 Å². The molecule has 45 heavy (non-hydrogen) atoms. The highest BCUT2D eigenvalue weighted by Gasteiger charge is 2.33. The van der Waals surface area contributed by atoms with Crippen molar-refractivity contribution in [2.75, 3.05) is 38.9 Å². The van der Waals surface area contributed by atoms with Crippen LogP contribution >= 0.6 is 0 Å². The predicted molar refractivity (Wildman–Crippen MR) is 164 cm³/mol. The fourth-order valence-corrected chi connectivity index (χ4v) is 5.06. The first kappa shape index (κ1) is 31.6. The highest BCUT2D eigenvalue weighted by molar-refractivity contribution is 6.23. The number of anilines is 1. The highest BCUT2D eigenvalue weighted by Crippen LogP contribution is 2.29. The number of halogens is 2. The first-order valence-electron chi connectivity index (χ1n) is 14.3. The molecule has 0 radical (unpaired) electrons. The lowest BCUT2D eigenvalue weighted by Gasteiger charge is -2.21. The Kier molecular flexibility index (Phi) is 10.4. The largest absolute Gasteiger partial charge is 0.497 e. The van der Waals surface area contributed by atoms with Gasteiger partial charge in [-0.15, -0.1) is 5.10 Å². The van der Waals surface area contributed by atoms with E-state index in [1.807, 2.05) is 53.2 Å². The van der Waals surface area contributed by atoms with Gasteiger partial charge in [-0.1, -0.05) is 41.6 Å². The van der Waals surface area contributed by atoms with Crippen LogP contribution in [0.4, 0.5) is 19.3 Å². The van der Waals surface area contributed by atoms with Gasteiger partial charge in [0.05, 0.1) is 44.3 Å². The summed E-state index contributed by atoms with van der Waals surface area (Å²) in [5.74, 6) is -0.498. The number of rotatable bonds is 14. The van der Waals surface area contributed by atoms with Gasteiger partial charge in [0, 0.05) is 25.8 Å². The fraction of sp³-hybridized carbons (Fsp3) is 0.290. The van der Waals surface area contributed by atoms with Gasteiger partial charge in [-0.2, -0.15) is 0 Å². The van der Waals surface area contributed by atoms with Gasteiger partial charge in [-0.05, 0) is 47.0 Å². The third-order valence-corrected chi connectivity index (χ3v) is 7.34. The van der Waals surface area contributed by atoms with E-state index < -0.39 is 30.6 Å². The van der Waals surface area contributed by atoms with Gasteiger partial charge in [-0.3, -0.25) is 9.69 Å². The standard InChI is InChI=1S/C31H33BF2N6O5/c1-43-26-10-5-22(6-11-26)18-40-25(15-36-37-40)19-38(32-44-2)17-21-3-7-23(8-4-21)28-12-9-24(13-29(28)34)39-20-27(45-31(39)42)16-35-30(41)14-33/h3-13,15,27,32H,14,16-20H2,1-2H3,(H,35,41)/t27-/m0/s1. The zero-order chi connectivity index (χ0) is 31.8. The Balaban J connectivity index is 1.21. The van der Waals surface area contributed by atoms with Crippen LogP contribution in [0.3, 0.4) is 0 Å². The number of methoxy groups -OCH3 is 1. The van der Waals surface area contributed by atoms with Crippen LogP contribution in [0.25, 0.3) is 11.1 Å². The van der Waals surface area contributed by atoms with Gasteiger partial charge in [-0.25, -0.2) is 18.3 Å². The second-order valence-corrected chi connectivity index (χ2v) is 10.6. The normalized spacial score (nSPS) is 14.5. The lowest BCUT2D eigenvalue weighted by Crippen LogP contribution is -2.35. The van der Waals surface area contributed by atoms with E-state index in [0.29, 0.717) is 44.1 Å². The van der Waals surface area contributed by atoms with Crippen LogP contribution in [0.15, 0.2) is 72.9 Å². The average molecular weight is 618 g/mol. The lowest BCUT2D eigenvalue weighted by atomic mass is 10.0. The molecule has 234 valence electrons. The van der Waals surface area contributed by atoms with Crippen LogP contribution in [0.5, 0.6) is 5.75 Å². The second-order valence-electron chi connectivity index (χ2n) is 10.6. The number of aromatic nitrogens is 3. The van der Waals surface area contributed by atoms with Gasteiger partial charge < -0.3 is 24.3 Å². The number of carbonyl (C=O) groups excluding carboxylic acids is 2. The quantitative estimate of drug-likeness (QED) is 0.214. The van der Waals surface area contributed by atoms with E-state index in [1.54, 1.807) is 32.5 Å². The summed E-state index contributed by atoms with van der Waals surface area (Å²) in [4.78, 5) is 26.9. The minimum Gasteiger partial charge on any atom is -0.497 e. The summed E-state index contributed by atoms with van der Waals surface area (Å²) in [5.41, 5.74) is 4.40. The van der Waals surface area contributed by atoms with Gasteiger partial charge in [0.2, 0.25) is 0 Å². The van der Waals surface area contributed by atoms with Gasteiger partial charge in [0.15, 0.2) is 6.67 Å². The summed E-state index contributed by atoms with van der Waals surface area (Å²) in [5, 5.41) is 10.7. The Hall–Kier alpha value is -4.82. The molecule has 2 amide bonds. The third kappa shape index (κ3) is 8.02. The topological polar surface area (TPSA) is 111 Å². The van der Waals surface area contributed by atoms with Crippen molar-refractivity contribution in [3.8, 4) is 16.9 Å². The highest BCUT2D eigenvalue weighted by atomic mass is 19.1. The summed E-state index contributed by atoms with van der Waals surface area (Å²) >= 11 is 0. The molecule has 0 saturated carbocycles. The van der Waals surface area contributed by atoms with E-state index in [-0.39, 0.29) is 13.1 Å². The fourth-order valence-electron chi connectivity index (χ4n) is 5.06. The summed E-state index contributed by atoms with van der Waals surface area (Å²) in [6.07, 6.45) is 0.423. The first-order valence-corrected chi connectivity index (χ1v) is 14.3. The Morgan fingerprint density at radius 1 is 1.09 bits per heavy atom. The number of alkyl halides is 1. The number of ether oxygens (including phenoxy) is 2. The molecule has 5 rings (SSSR count). The molecule has 1 fully saturated rings. The van der Waals surface area contributed by atoms with E-state index in [4.69, 9.17) is 14.1 Å². The Bertz CT molecular complexity index is 1610. The van der Waals surface area contributed by atoms with E-state index >= 15 is 4.39 Å². The maximum atomic E-state index is 15.2. The number of carbonyl (C=O) groups is 2. The van der Waals surface area contributed by atoms with E-state index in [9.17, 15) is 14.0 Å². The summed E-state index contributed by atoms with van der Waals surface area (Å²) in [7, 11) is 3.66. The molecule has 1 saturated heterocycles. The Morgan fingerprint density at radius 2 is 1.84 bits per heavy atom. The average Bonchev–Trinajstić information content (AvgIpc) is 3.65. The number of amides is 2. The van der Waals surface area contributed by atoms with Gasteiger partial charge in [0.25, 0.3) is 5.91 Å². The molecule has 0 aliphatic carbocycles. The van der Waals surface area contributed by atoms with Crippen LogP contribution < -0.4 is 15.0 Å². The van der Waals surface area contributed by atoms with Crippen LogP contribution in [0.1, 0.15) is 16.8 Å². The molecule has 1 aliphatic heterocycles. The van der Waals surface area contributed by atoms with Crippen molar-refractivity contribution in [3.63, 3.8) is 0 Å². The molecule has 1 aromatic heterocycles. The maximum Gasteiger partial charge on any atom is 0.414 e. The predicted octanol–water partition coefficient (Wildman–Crippen LogP) is 3.47. The van der Waals surface area contributed by atoms with Crippen molar-refractivity contribution in [3.05, 3.63) is 95.6 Å². The van der Waals surface area contributed by atoms with E-state index in [0.717, 1.165) is 22.6 Å². The van der Waals surface area contributed by atoms with Gasteiger partial charge >= 0.3 is 13.7 Å². The molecule has 0 unspecified atom stereocenters. The molecule has 0 spiro atoms. The molecular weight excluding hydrogens is 585 g/mol. The molecule has 3 aromatic carbocycles. The summed E-state index contributed by atoms with van der Waals surface area (Å²) in [6.45, 7) is 0.625. The number of benzene rings is 3. The molecule has 1 aliphatic rings. The van der Waals surface area contributed by atoms with Crippen molar-refractivity contribution >= 4 is 25.3 Å². The van der Waals surface area contributed by atoms with Crippen molar-refractivity contribution < 1.29 is 32.5 Å². The molecule has 14 heteroatoms. The molecule has 2 heterocycles. The Morgan fingerprint density at radius 3 is 2.53 bits per heavy atom. The monoisotopic (exact) mass is 618 g/mol. The first-order chi connectivity index (χ1) is 21.9. The number of hydrogen-bond acceptors (Lipinski definition) is 8. The SMILES string of the molecule is COBN(Cc1ccc(-c2ccc(N3C[C@H](CNC(=O)CF)OC3=O)cc2F)cc1)Cc1cnnn1Cc1ccc(OC)cc1. The molecule has 11 nitrogen and oxygen atoms in total. The van der Waals surface area contributed by atoms with Crippen molar-refractivity contribution in [1.82, 2.24) is 25.1 Å². The number of cyclic esters (lactones) is 1. The Labute approximate surface area is 260 Å². The second kappa shape index (κ2) is 14.8. The minimum absolute atomic E-state index is 0.0239. The molecule has 1 atom stereocenters. The maximum absolute atomic E-state index is 15.2. The molecular formula is C31H33BF2N6O5. The lowest BCUT2D eigenvalue weighted by molar-refractivity contribution is -0.122. The van der Waals surface area contributed by atoms with Crippen molar-refractivity contribution in [2.24, 2.45) is 0 Å². The van der Waals surface area contributed by atoms with Gasteiger partial charge in [0.1, 0.15) is 17.7 Å². The van der Waals surface area contributed by atoms with Crippen LogP contribution in [-0.2, 0) is 33.8 Å².